The molecule has 5 heteroatoms. The molecule has 0 bridgehead atoms. The van der Waals surface area contributed by atoms with Crippen molar-refractivity contribution in [2.75, 3.05) is 5.75 Å². The molecule has 3 nitrogen and oxygen atoms in total. The van der Waals surface area contributed by atoms with Gasteiger partial charge in [0.15, 0.2) is 5.12 Å². The van der Waals surface area contributed by atoms with Gasteiger partial charge in [-0.1, -0.05) is 11.8 Å². The van der Waals surface area contributed by atoms with Crippen molar-refractivity contribution in [3.8, 4) is 0 Å². The summed E-state index contributed by atoms with van der Waals surface area (Å²) < 4.78 is 0. The highest BCUT2D eigenvalue weighted by Gasteiger charge is 2.20. The van der Waals surface area contributed by atoms with E-state index >= 15 is 0 Å². The number of carbonyl (C=O) groups is 1. The van der Waals surface area contributed by atoms with Gasteiger partial charge in [-0.3, -0.25) is 4.79 Å². The molecule has 0 aliphatic carbocycles. The van der Waals surface area contributed by atoms with E-state index in [0.29, 0.717) is 0 Å². The molecule has 1 aromatic heterocycles. The molecule has 2 atom stereocenters. The van der Waals surface area contributed by atoms with Crippen molar-refractivity contribution in [3.63, 3.8) is 0 Å². The first-order valence-electron chi connectivity index (χ1n) is 4.55. The summed E-state index contributed by atoms with van der Waals surface area (Å²) in [6, 6.07) is 1.84. The molecule has 2 N–H and O–H groups in total. The molecule has 0 saturated heterocycles. The van der Waals surface area contributed by atoms with Crippen LogP contribution >= 0.6 is 23.1 Å². The lowest BCUT2D eigenvalue weighted by molar-refractivity contribution is -0.109. The predicted octanol–water partition coefficient (Wildman–Crippen LogP) is 1.73. The van der Waals surface area contributed by atoms with Gasteiger partial charge >= 0.3 is 0 Å². The summed E-state index contributed by atoms with van der Waals surface area (Å²) in [5.74, 6) is 0.230. The van der Waals surface area contributed by atoms with E-state index in [4.69, 9.17) is 0 Å². The second-order valence-electron chi connectivity index (χ2n) is 3.34. The van der Waals surface area contributed by atoms with Gasteiger partial charge in [0.25, 0.3) is 0 Å². The van der Waals surface area contributed by atoms with Gasteiger partial charge in [0.1, 0.15) is 6.10 Å². The van der Waals surface area contributed by atoms with E-state index in [9.17, 15) is 15.0 Å². The zero-order valence-electron chi connectivity index (χ0n) is 8.64. The quantitative estimate of drug-likeness (QED) is 0.849. The lowest BCUT2D eigenvalue weighted by Crippen LogP contribution is -2.20. The summed E-state index contributed by atoms with van der Waals surface area (Å²) in [7, 11) is 0. The van der Waals surface area contributed by atoms with Crippen molar-refractivity contribution >= 4 is 28.2 Å². The van der Waals surface area contributed by atoms with Gasteiger partial charge in [-0.05, 0) is 23.9 Å². The van der Waals surface area contributed by atoms with Crippen LogP contribution in [0, 0.1) is 6.92 Å². The van der Waals surface area contributed by atoms with E-state index in [1.165, 1.54) is 18.3 Å². The van der Waals surface area contributed by atoms with Gasteiger partial charge in [-0.15, -0.1) is 11.3 Å². The zero-order chi connectivity index (χ0) is 11.4. The molecule has 2 unspecified atom stereocenters. The Labute approximate surface area is 97.1 Å². The van der Waals surface area contributed by atoms with Crippen LogP contribution in [0.15, 0.2) is 11.4 Å². The molecule has 15 heavy (non-hydrogen) atoms. The number of hydrogen-bond acceptors (Lipinski definition) is 5. The van der Waals surface area contributed by atoms with Crippen LogP contribution < -0.4 is 0 Å². The monoisotopic (exact) mass is 246 g/mol. The summed E-state index contributed by atoms with van der Waals surface area (Å²) in [5, 5.41) is 21.2. The normalized spacial score (nSPS) is 14.9. The first-order chi connectivity index (χ1) is 7.00. The van der Waals surface area contributed by atoms with Crippen LogP contribution in [0.5, 0.6) is 0 Å². The molecule has 0 saturated carbocycles. The minimum Gasteiger partial charge on any atom is -0.389 e. The fourth-order valence-electron chi connectivity index (χ4n) is 1.09. The highest BCUT2D eigenvalue weighted by molar-refractivity contribution is 8.13. The molecular weight excluding hydrogens is 232 g/mol. The number of aliphatic hydroxyl groups excluding tert-OH is 2. The van der Waals surface area contributed by atoms with Gasteiger partial charge in [0, 0.05) is 17.6 Å². The second kappa shape index (κ2) is 5.65. The molecular formula is C10H14O3S2. The number of thiophene rings is 1. The van der Waals surface area contributed by atoms with E-state index in [2.05, 4.69) is 0 Å². The lowest BCUT2D eigenvalue weighted by Gasteiger charge is -2.15. The van der Waals surface area contributed by atoms with Gasteiger partial charge in [-0.25, -0.2) is 0 Å². The summed E-state index contributed by atoms with van der Waals surface area (Å²) >= 11 is 2.44. The Balaban J connectivity index is 2.52. The average Bonchev–Trinajstić information content (AvgIpc) is 2.60. The predicted molar refractivity (Wildman–Crippen MR) is 63.2 cm³/mol. The van der Waals surface area contributed by atoms with E-state index in [1.54, 1.807) is 0 Å². The number of aliphatic hydroxyl groups is 2. The molecule has 0 aromatic carbocycles. The third-order valence-corrected chi connectivity index (χ3v) is 3.90. The Morgan fingerprint density at radius 2 is 2.27 bits per heavy atom. The fourth-order valence-corrected chi connectivity index (χ4v) is 2.62. The molecule has 1 rings (SSSR count). The van der Waals surface area contributed by atoms with Gasteiger partial charge in [-0.2, -0.15) is 0 Å². The lowest BCUT2D eigenvalue weighted by atomic mass is 10.2. The Hall–Kier alpha value is -0.360. The molecule has 0 fully saturated rings. The van der Waals surface area contributed by atoms with Crippen LogP contribution in [-0.4, -0.2) is 27.2 Å². The Morgan fingerprint density at radius 3 is 2.73 bits per heavy atom. The van der Waals surface area contributed by atoms with Crippen LogP contribution in [0.25, 0.3) is 0 Å². The molecule has 0 aliphatic heterocycles. The minimum atomic E-state index is -0.893. The van der Waals surface area contributed by atoms with E-state index < -0.39 is 12.2 Å². The SMILES string of the molecule is CC(=O)SCC(O)C(O)c1cc(C)cs1. The number of rotatable bonds is 4. The van der Waals surface area contributed by atoms with Gasteiger partial charge < -0.3 is 10.2 Å². The maximum atomic E-state index is 10.7. The second-order valence-corrected chi connectivity index (χ2v) is 5.48. The van der Waals surface area contributed by atoms with Crippen LogP contribution in [0.3, 0.4) is 0 Å². The molecule has 1 heterocycles. The van der Waals surface area contributed by atoms with Crippen LogP contribution in [0.1, 0.15) is 23.5 Å². The van der Waals surface area contributed by atoms with Gasteiger partial charge in [0.05, 0.1) is 6.10 Å². The minimum absolute atomic E-state index is 0.0522. The van der Waals surface area contributed by atoms with Crippen molar-refractivity contribution in [3.05, 3.63) is 21.9 Å². The van der Waals surface area contributed by atoms with Crippen molar-refractivity contribution in [2.24, 2.45) is 0 Å². The molecule has 0 amide bonds. The number of thioether (sulfide) groups is 1. The van der Waals surface area contributed by atoms with E-state index in [1.807, 2.05) is 18.4 Å². The average molecular weight is 246 g/mol. The summed E-state index contributed by atoms with van der Waals surface area (Å²) in [6.45, 7) is 3.38. The molecule has 0 spiro atoms. The Bertz CT molecular complexity index is 335. The van der Waals surface area contributed by atoms with Crippen LogP contribution in [0.2, 0.25) is 0 Å². The summed E-state index contributed by atoms with van der Waals surface area (Å²) in [5.41, 5.74) is 1.07. The number of aryl methyl sites for hydroxylation is 1. The third-order valence-electron chi connectivity index (χ3n) is 1.86. The van der Waals surface area contributed by atoms with Crippen LogP contribution in [0.4, 0.5) is 0 Å². The van der Waals surface area contributed by atoms with Crippen molar-refractivity contribution in [2.45, 2.75) is 26.1 Å². The van der Waals surface area contributed by atoms with Gasteiger partial charge in [0.2, 0.25) is 0 Å². The summed E-state index contributed by atoms with van der Waals surface area (Å²) in [6.07, 6.45) is -1.78. The topological polar surface area (TPSA) is 57.5 Å². The maximum absolute atomic E-state index is 10.7. The maximum Gasteiger partial charge on any atom is 0.185 e. The molecule has 1 aromatic rings. The molecule has 84 valence electrons. The molecule has 0 radical (unpaired) electrons. The Morgan fingerprint density at radius 1 is 1.60 bits per heavy atom. The van der Waals surface area contributed by atoms with E-state index in [0.717, 1.165) is 22.2 Å². The Kier molecular flexibility index (Phi) is 4.79. The number of hydrogen-bond donors (Lipinski definition) is 2. The first kappa shape index (κ1) is 12.7. The zero-order valence-corrected chi connectivity index (χ0v) is 10.3. The standard InChI is InChI=1S/C10H14O3S2/c1-6-3-9(15-4-6)10(13)8(12)5-14-7(2)11/h3-4,8,10,12-13H,5H2,1-2H3. The van der Waals surface area contributed by atoms with Crippen LogP contribution in [-0.2, 0) is 4.79 Å². The highest BCUT2D eigenvalue weighted by Crippen LogP contribution is 2.25. The van der Waals surface area contributed by atoms with Crippen molar-refractivity contribution in [1.82, 2.24) is 0 Å². The highest BCUT2D eigenvalue weighted by atomic mass is 32.2. The first-order valence-corrected chi connectivity index (χ1v) is 6.41. The fraction of sp³-hybridized carbons (Fsp3) is 0.500. The summed E-state index contributed by atoms with van der Waals surface area (Å²) in [4.78, 5) is 11.4. The largest absolute Gasteiger partial charge is 0.389 e. The third kappa shape index (κ3) is 3.95. The van der Waals surface area contributed by atoms with Crippen molar-refractivity contribution < 1.29 is 15.0 Å². The number of carbonyl (C=O) groups excluding carboxylic acids is 1. The molecule has 0 aliphatic rings. The van der Waals surface area contributed by atoms with E-state index in [-0.39, 0.29) is 10.9 Å². The van der Waals surface area contributed by atoms with Crippen molar-refractivity contribution in [1.29, 1.82) is 0 Å². The smallest absolute Gasteiger partial charge is 0.185 e.